The van der Waals surface area contributed by atoms with E-state index in [1.165, 1.54) is 0 Å². The molecule has 0 spiro atoms. The summed E-state index contributed by atoms with van der Waals surface area (Å²) in [5, 5.41) is 7.68. The smallest absolute Gasteiger partial charge is 0.243 e. The molecule has 1 amide bonds. The second kappa shape index (κ2) is 7.14. The SMILES string of the molecule is CC(C)(C)CN1CCn2nc(CC(C)(C)/C=C/C(=O)NC3CC3)nc2C1. The topological polar surface area (TPSA) is 63.1 Å². The van der Waals surface area contributed by atoms with Gasteiger partial charge in [-0.3, -0.25) is 9.69 Å². The predicted molar refractivity (Wildman–Crippen MR) is 103 cm³/mol. The number of nitrogens with one attached hydrogen (secondary N) is 1. The molecule has 0 radical (unpaired) electrons. The van der Waals surface area contributed by atoms with Crippen LogP contribution in [-0.2, 0) is 24.3 Å². The molecule has 0 unspecified atom stereocenters. The Hall–Kier alpha value is -1.69. The number of aromatic nitrogens is 3. The molecule has 6 heteroatoms. The molecule has 1 N–H and O–H groups in total. The van der Waals surface area contributed by atoms with E-state index >= 15 is 0 Å². The second-order valence-electron chi connectivity index (χ2n) is 9.72. The van der Waals surface area contributed by atoms with E-state index in [-0.39, 0.29) is 11.3 Å². The third-order valence-corrected chi connectivity index (χ3v) is 4.71. The van der Waals surface area contributed by atoms with Crippen molar-refractivity contribution < 1.29 is 4.79 Å². The maximum Gasteiger partial charge on any atom is 0.243 e. The summed E-state index contributed by atoms with van der Waals surface area (Å²) in [5.41, 5.74) is 0.141. The Balaban J connectivity index is 1.58. The van der Waals surface area contributed by atoms with Gasteiger partial charge in [0.05, 0.1) is 13.1 Å². The third-order valence-electron chi connectivity index (χ3n) is 4.71. The lowest BCUT2D eigenvalue weighted by Gasteiger charge is -2.32. The molecule has 1 aliphatic heterocycles. The normalized spacial score (nSPS) is 19.0. The molecule has 0 aromatic carbocycles. The van der Waals surface area contributed by atoms with Gasteiger partial charge in [0.2, 0.25) is 5.91 Å². The number of hydrogen-bond acceptors (Lipinski definition) is 4. The van der Waals surface area contributed by atoms with E-state index in [4.69, 9.17) is 10.1 Å². The van der Waals surface area contributed by atoms with Gasteiger partial charge in [-0.15, -0.1) is 0 Å². The van der Waals surface area contributed by atoms with Crippen LogP contribution in [0.25, 0.3) is 0 Å². The maximum absolute atomic E-state index is 11.9. The van der Waals surface area contributed by atoms with Crippen LogP contribution in [0.15, 0.2) is 12.2 Å². The summed E-state index contributed by atoms with van der Waals surface area (Å²) < 4.78 is 2.05. The van der Waals surface area contributed by atoms with Gasteiger partial charge < -0.3 is 5.32 Å². The van der Waals surface area contributed by atoms with Crippen LogP contribution in [0.1, 0.15) is 59.1 Å². The summed E-state index contributed by atoms with van der Waals surface area (Å²) in [4.78, 5) is 19.1. The average Bonchev–Trinajstić information content (AvgIpc) is 3.21. The van der Waals surface area contributed by atoms with Crippen molar-refractivity contribution in [2.75, 3.05) is 13.1 Å². The van der Waals surface area contributed by atoms with E-state index in [9.17, 15) is 4.79 Å². The third kappa shape index (κ3) is 5.66. The monoisotopic (exact) mass is 359 g/mol. The summed E-state index contributed by atoms with van der Waals surface area (Å²) in [5.74, 6) is 1.94. The summed E-state index contributed by atoms with van der Waals surface area (Å²) in [7, 11) is 0. The fourth-order valence-electron chi connectivity index (χ4n) is 3.36. The number of fused-ring (bicyclic) bond motifs is 1. The lowest BCUT2D eigenvalue weighted by molar-refractivity contribution is -0.116. The molecule has 1 fully saturated rings. The number of amides is 1. The molecule has 0 saturated heterocycles. The van der Waals surface area contributed by atoms with E-state index < -0.39 is 0 Å². The highest BCUT2D eigenvalue weighted by Gasteiger charge is 2.26. The van der Waals surface area contributed by atoms with E-state index in [0.29, 0.717) is 11.5 Å². The van der Waals surface area contributed by atoms with Crippen molar-refractivity contribution in [2.24, 2.45) is 10.8 Å². The molecular weight excluding hydrogens is 326 g/mol. The minimum Gasteiger partial charge on any atom is -0.350 e. The fraction of sp³-hybridized carbons (Fsp3) is 0.750. The van der Waals surface area contributed by atoms with Crippen molar-refractivity contribution in [3.8, 4) is 0 Å². The van der Waals surface area contributed by atoms with Crippen LogP contribution in [-0.4, -0.2) is 44.7 Å². The highest BCUT2D eigenvalue weighted by molar-refractivity contribution is 5.88. The molecule has 1 aromatic heterocycles. The number of rotatable bonds is 6. The fourth-order valence-corrected chi connectivity index (χ4v) is 3.36. The maximum atomic E-state index is 11.9. The van der Waals surface area contributed by atoms with Crippen molar-refractivity contribution in [1.82, 2.24) is 25.0 Å². The van der Waals surface area contributed by atoms with Gasteiger partial charge in [-0.25, -0.2) is 9.67 Å². The average molecular weight is 360 g/mol. The van der Waals surface area contributed by atoms with Gasteiger partial charge in [-0.2, -0.15) is 5.10 Å². The first kappa shape index (κ1) is 19.1. The van der Waals surface area contributed by atoms with Crippen LogP contribution in [0, 0.1) is 10.8 Å². The van der Waals surface area contributed by atoms with Crippen molar-refractivity contribution in [3.63, 3.8) is 0 Å². The van der Waals surface area contributed by atoms with E-state index in [1.54, 1.807) is 6.08 Å². The molecule has 1 aliphatic carbocycles. The van der Waals surface area contributed by atoms with E-state index in [1.807, 2.05) is 10.8 Å². The number of hydrogen-bond donors (Lipinski definition) is 1. The Morgan fingerprint density at radius 2 is 1.96 bits per heavy atom. The highest BCUT2D eigenvalue weighted by Crippen LogP contribution is 2.24. The van der Waals surface area contributed by atoms with Gasteiger partial charge >= 0.3 is 0 Å². The Bertz CT molecular complexity index is 679. The first-order chi connectivity index (χ1) is 12.1. The van der Waals surface area contributed by atoms with Crippen LogP contribution in [0.2, 0.25) is 0 Å². The highest BCUT2D eigenvalue weighted by atomic mass is 16.1. The van der Waals surface area contributed by atoms with Crippen LogP contribution >= 0.6 is 0 Å². The molecule has 2 aliphatic rings. The molecule has 144 valence electrons. The standard InChI is InChI=1S/C20H33N5O/c1-19(2,3)14-24-10-11-25-17(13-24)22-16(23-25)12-20(4,5)9-8-18(26)21-15-6-7-15/h8-9,15H,6-7,10-14H2,1-5H3,(H,21,26)/b9-8+. The zero-order chi connectivity index (χ0) is 18.9. The van der Waals surface area contributed by atoms with Gasteiger partial charge in [0, 0.05) is 25.6 Å². The summed E-state index contributed by atoms with van der Waals surface area (Å²) in [6.45, 7) is 14.9. The Morgan fingerprint density at radius 1 is 1.23 bits per heavy atom. The lowest BCUT2D eigenvalue weighted by Crippen LogP contribution is -2.39. The van der Waals surface area contributed by atoms with Crippen LogP contribution in [0.5, 0.6) is 0 Å². The van der Waals surface area contributed by atoms with Gasteiger partial charge in [-0.1, -0.05) is 40.7 Å². The minimum atomic E-state index is -0.149. The minimum absolute atomic E-state index is 0.00971. The van der Waals surface area contributed by atoms with E-state index in [2.05, 4.69) is 44.8 Å². The lowest BCUT2D eigenvalue weighted by atomic mass is 9.88. The zero-order valence-electron chi connectivity index (χ0n) is 16.9. The van der Waals surface area contributed by atoms with Crippen LogP contribution < -0.4 is 5.32 Å². The summed E-state index contributed by atoms with van der Waals surface area (Å²) in [6, 6.07) is 0.396. The molecule has 26 heavy (non-hydrogen) atoms. The van der Waals surface area contributed by atoms with Gasteiger partial charge in [0.15, 0.2) is 5.82 Å². The quantitative estimate of drug-likeness (QED) is 0.793. The van der Waals surface area contributed by atoms with Crippen LogP contribution in [0.4, 0.5) is 0 Å². The molecule has 0 bridgehead atoms. The molecular formula is C20H33N5O. The largest absolute Gasteiger partial charge is 0.350 e. The molecule has 1 saturated carbocycles. The molecule has 1 aromatic rings. The van der Waals surface area contributed by atoms with Gasteiger partial charge in [0.25, 0.3) is 0 Å². The molecule has 6 nitrogen and oxygen atoms in total. The number of nitrogens with zero attached hydrogens (tertiary/aromatic N) is 4. The van der Waals surface area contributed by atoms with Crippen molar-refractivity contribution in [3.05, 3.63) is 23.8 Å². The van der Waals surface area contributed by atoms with Gasteiger partial charge in [0.1, 0.15) is 5.82 Å². The Morgan fingerprint density at radius 3 is 2.62 bits per heavy atom. The van der Waals surface area contributed by atoms with Crippen molar-refractivity contribution in [2.45, 2.75) is 73.0 Å². The van der Waals surface area contributed by atoms with Crippen LogP contribution in [0.3, 0.4) is 0 Å². The number of carbonyl (C=O) groups excluding carboxylic acids is 1. The predicted octanol–water partition coefficient (Wildman–Crippen LogP) is 2.54. The van der Waals surface area contributed by atoms with Crippen molar-refractivity contribution >= 4 is 5.91 Å². The second-order valence-corrected chi connectivity index (χ2v) is 9.72. The summed E-state index contributed by atoms with van der Waals surface area (Å²) in [6.07, 6.45) is 6.61. The van der Waals surface area contributed by atoms with Crippen molar-refractivity contribution in [1.29, 1.82) is 0 Å². The van der Waals surface area contributed by atoms with E-state index in [0.717, 1.165) is 57.1 Å². The first-order valence-corrected chi connectivity index (χ1v) is 9.74. The summed E-state index contributed by atoms with van der Waals surface area (Å²) >= 11 is 0. The first-order valence-electron chi connectivity index (χ1n) is 9.74. The Kier molecular flexibility index (Phi) is 5.24. The molecule has 3 rings (SSSR count). The number of carbonyl (C=O) groups is 1. The number of allylic oxidation sites excluding steroid dienone is 1. The molecule has 0 atom stereocenters. The zero-order valence-corrected chi connectivity index (χ0v) is 16.9. The van der Waals surface area contributed by atoms with Gasteiger partial charge in [-0.05, 0) is 29.7 Å². The Labute approximate surface area is 157 Å². The molecule has 2 heterocycles.